The first-order chi connectivity index (χ1) is 29.5. The Hall–Kier alpha value is -6.28. The average Bonchev–Trinajstić information content (AvgIpc) is 3.64. The van der Waals surface area contributed by atoms with Crippen molar-refractivity contribution in [2.45, 2.75) is 52.4 Å². The fraction of sp³-hybridized carbons (Fsp3) is 0.167. The Bertz CT molecular complexity index is 3340. The van der Waals surface area contributed by atoms with Gasteiger partial charge in [-0.25, -0.2) is 0 Å². The molecule has 0 radical (unpaired) electrons. The third kappa shape index (κ3) is 6.24. The van der Waals surface area contributed by atoms with E-state index in [9.17, 15) is 0 Å². The van der Waals surface area contributed by atoms with Crippen LogP contribution in [0, 0.1) is 11.8 Å². The van der Waals surface area contributed by atoms with E-state index >= 15 is 0 Å². The maximum atomic E-state index is 2.49. The number of benzene rings is 8. The standard InChI is InChI=1S/C60H50S/c1-59(2,3)41-32-40(33-42(36-41)60(4,5)6)58-50-26-16-14-24-48(50)56(49-25-15-17-27-51(49)58)38-29-31-53-52(34-38)43-30-28-39(35-54(43)61-53)57-46-22-12-10-20-44(46)55(37-18-8-7-9-19-37)45-21-11-13-23-47(45)57/h7-36,48,50H,1-6H3. The molecule has 61 heavy (non-hydrogen) atoms. The van der Waals surface area contributed by atoms with Crippen LogP contribution in [0.15, 0.2) is 182 Å². The van der Waals surface area contributed by atoms with Gasteiger partial charge in [-0.1, -0.05) is 205 Å². The van der Waals surface area contributed by atoms with Gasteiger partial charge in [0.05, 0.1) is 0 Å². The molecule has 1 heteroatoms. The van der Waals surface area contributed by atoms with E-state index in [4.69, 9.17) is 0 Å². The van der Waals surface area contributed by atoms with Gasteiger partial charge in [0.2, 0.25) is 0 Å². The molecule has 2 unspecified atom stereocenters. The van der Waals surface area contributed by atoms with Gasteiger partial charge in [0, 0.05) is 32.0 Å². The first-order valence-corrected chi connectivity index (χ1v) is 22.7. The van der Waals surface area contributed by atoms with Crippen LogP contribution in [0.1, 0.15) is 63.8 Å². The topological polar surface area (TPSA) is 0 Å². The maximum absolute atomic E-state index is 2.49. The van der Waals surface area contributed by atoms with Crippen LogP contribution in [-0.4, -0.2) is 0 Å². The summed E-state index contributed by atoms with van der Waals surface area (Å²) in [6, 6.07) is 59.8. The molecule has 9 aromatic rings. The summed E-state index contributed by atoms with van der Waals surface area (Å²) >= 11 is 1.91. The molecule has 0 spiro atoms. The highest BCUT2D eigenvalue weighted by molar-refractivity contribution is 7.25. The summed E-state index contributed by atoms with van der Waals surface area (Å²) in [6.07, 6.45) is 9.43. The Morgan fingerprint density at radius 1 is 0.361 bits per heavy atom. The van der Waals surface area contributed by atoms with Crippen molar-refractivity contribution in [1.82, 2.24) is 0 Å². The molecule has 0 fully saturated rings. The molecule has 2 atom stereocenters. The fourth-order valence-corrected chi connectivity index (χ4v) is 11.4. The predicted octanol–water partition coefficient (Wildman–Crippen LogP) is 15.1. The quantitative estimate of drug-likeness (QED) is 0.156. The van der Waals surface area contributed by atoms with Crippen LogP contribution in [0.25, 0.3) is 75.1 Å². The van der Waals surface area contributed by atoms with E-state index < -0.39 is 0 Å². The molecule has 0 saturated carbocycles. The Morgan fingerprint density at radius 3 is 1.41 bits per heavy atom. The van der Waals surface area contributed by atoms with Gasteiger partial charge < -0.3 is 0 Å². The van der Waals surface area contributed by atoms with Crippen LogP contribution in [0.3, 0.4) is 0 Å². The second-order valence-corrected chi connectivity index (χ2v) is 20.3. The third-order valence-corrected chi connectivity index (χ3v) is 14.5. The number of thiophene rings is 1. The summed E-state index contributed by atoms with van der Waals surface area (Å²) in [5, 5.41) is 10.5. The van der Waals surface area contributed by atoms with E-state index in [-0.39, 0.29) is 22.7 Å². The van der Waals surface area contributed by atoms with E-state index in [1.165, 1.54) is 108 Å². The number of hydrogen-bond donors (Lipinski definition) is 0. The van der Waals surface area contributed by atoms with Crippen LogP contribution in [0.4, 0.5) is 0 Å². The van der Waals surface area contributed by atoms with Crippen molar-refractivity contribution in [2.24, 2.45) is 11.8 Å². The SMILES string of the molecule is CC(C)(C)c1cc(C2=c3ccccc3=C(c3ccc4sc5cc(-c6c7ccccc7c(-c7ccccc7)c7ccccc67)ccc5c4c3)C3C=CC=CC23)cc(C(C)(C)C)c1. The van der Waals surface area contributed by atoms with Crippen LogP contribution < -0.4 is 10.4 Å². The van der Waals surface area contributed by atoms with E-state index in [0.717, 1.165) is 0 Å². The van der Waals surface area contributed by atoms with Crippen LogP contribution in [-0.2, 0) is 10.8 Å². The summed E-state index contributed by atoms with van der Waals surface area (Å²) in [5.74, 6) is 0.453. The maximum Gasteiger partial charge on any atom is 0.0361 e. The molecule has 2 aliphatic carbocycles. The van der Waals surface area contributed by atoms with Crippen molar-refractivity contribution >= 4 is 64.2 Å². The lowest BCUT2D eigenvalue weighted by atomic mass is 9.69. The number of fused-ring (bicyclic) bond motifs is 7. The Labute approximate surface area is 363 Å². The largest absolute Gasteiger partial charge is 0.135 e. The molecule has 0 N–H and O–H groups in total. The summed E-state index contributed by atoms with van der Waals surface area (Å²) < 4.78 is 2.65. The lowest BCUT2D eigenvalue weighted by Crippen LogP contribution is -2.40. The molecular weight excluding hydrogens is 753 g/mol. The van der Waals surface area contributed by atoms with Gasteiger partial charge in [0.1, 0.15) is 0 Å². The lowest BCUT2D eigenvalue weighted by molar-refractivity contribution is 0.567. The van der Waals surface area contributed by atoms with Crippen molar-refractivity contribution < 1.29 is 0 Å². The van der Waals surface area contributed by atoms with Crippen molar-refractivity contribution in [2.75, 3.05) is 0 Å². The lowest BCUT2D eigenvalue weighted by Gasteiger charge is -2.34. The zero-order chi connectivity index (χ0) is 41.6. The van der Waals surface area contributed by atoms with Gasteiger partial charge in [-0.15, -0.1) is 11.3 Å². The summed E-state index contributed by atoms with van der Waals surface area (Å²) in [7, 11) is 0. The van der Waals surface area contributed by atoms with Gasteiger partial charge in [-0.05, 0) is 117 Å². The third-order valence-electron chi connectivity index (χ3n) is 13.3. The summed E-state index contributed by atoms with van der Waals surface area (Å²) in [4.78, 5) is 0. The summed E-state index contributed by atoms with van der Waals surface area (Å²) in [6.45, 7) is 14.0. The average molecular weight is 803 g/mol. The van der Waals surface area contributed by atoms with Crippen molar-refractivity contribution in [3.63, 3.8) is 0 Å². The van der Waals surface area contributed by atoms with Crippen LogP contribution in [0.5, 0.6) is 0 Å². The van der Waals surface area contributed by atoms with Crippen LogP contribution >= 0.6 is 11.3 Å². The van der Waals surface area contributed by atoms with E-state index in [0.29, 0.717) is 0 Å². The molecular formula is C60H50S. The van der Waals surface area contributed by atoms with Crippen molar-refractivity contribution in [1.29, 1.82) is 0 Å². The molecule has 0 amide bonds. The van der Waals surface area contributed by atoms with Crippen molar-refractivity contribution in [3.05, 3.63) is 215 Å². The normalized spacial score (nSPS) is 16.5. The zero-order valence-corrected chi connectivity index (χ0v) is 36.7. The van der Waals surface area contributed by atoms with Gasteiger partial charge >= 0.3 is 0 Å². The summed E-state index contributed by atoms with van der Waals surface area (Å²) in [5.41, 5.74) is 13.5. The van der Waals surface area contributed by atoms with Gasteiger partial charge in [0.25, 0.3) is 0 Å². The number of rotatable bonds is 4. The van der Waals surface area contributed by atoms with Gasteiger partial charge in [0.15, 0.2) is 0 Å². The predicted molar refractivity (Wildman–Crippen MR) is 265 cm³/mol. The molecule has 11 rings (SSSR count). The smallest absolute Gasteiger partial charge is 0.0361 e. The van der Waals surface area contributed by atoms with Crippen LogP contribution in [0.2, 0.25) is 0 Å². The van der Waals surface area contributed by atoms with E-state index in [1.807, 2.05) is 11.3 Å². The molecule has 1 aromatic heterocycles. The zero-order valence-electron chi connectivity index (χ0n) is 35.9. The van der Waals surface area contributed by atoms with Gasteiger partial charge in [-0.2, -0.15) is 0 Å². The highest BCUT2D eigenvalue weighted by Gasteiger charge is 2.33. The minimum atomic E-state index is 0.0395. The molecule has 0 bridgehead atoms. The van der Waals surface area contributed by atoms with E-state index in [2.05, 4.69) is 224 Å². The number of hydrogen-bond acceptors (Lipinski definition) is 1. The molecule has 296 valence electrons. The minimum absolute atomic E-state index is 0.0395. The highest BCUT2D eigenvalue weighted by atomic mass is 32.1. The molecule has 0 saturated heterocycles. The number of allylic oxidation sites excluding steroid dienone is 4. The minimum Gasteiger partial charge on any atom is -0.135 e. The Kier molecular flexibility index (Phi) is 8.75. The van der Waals surface area contributed by atoms with Gasteiger partial charge in [-0.3, -0.25) is 0 Å². The van der Waals surface area contributed by atoms with Crippen molar-refractivity contribution in [3.8, 4) is 22.3 Å². The highest BCUT2D eigenvalue weighted by Crippen LogP contribution is 2.47. The Morgan fingerprint density at radius 2 is 0.852 bits per heavy atom. The molecule has 0 nitrogen and oxygen atoms in total. The fourth-order valence-electron chi connectivity index (χ4n) is 10.3. The van der Waals surface area contributed by atoms with E-state index in [1.54, 1.807) is 0 Å². The molecule has 1 heterocycles. The second-order valence-electron chi connectivity index (χ2n) is 19.2. The monoisotopic (exact) mass is 802 g/mol. The first-order valence-electron chi connectivity index (χ1n) is 21.8. The first kappa shape index (κ1) is 37.7. The molecule has 2 aliphatic rings. The second kappa shape index (κ2) is 14.2. The molecule has 0 aliphatic heterocycles. The Balaban J connectivity index is 1.11. The molecule has 8 aromatic carbocycles.